The highest BCUT2D eigenvalue weighted by Crippen LogP contribution is 2.48. The molecule has 2 fully saturated rings. The van der Waals surface area contributed by atoms with Crippen LogP contribution in [0, 0.1) is 11.3 Å². The molecule has 0 unspecified atom stereocenters. The van der Waals surface area contributed by atoms with Gasteiger partial charge < -0.3 is 15.3 Å². The van der Waals surface area contributed by atoms with Gasteiger partial charge in [-0.25, -0.2) is 4.79 Å². The summed E-state index contributed by atoms with van der Waals surface area (Å²) in [6.45, 7) is 1.58. The summed E-state index contributed by atoms with van der Waals surface area (Å²) in [5, 5.41) is 12.5. The highest BCUT2D eigenvalue weighted by Gasteiger charge is 2.55. The first kappa shape index (κ1) is 14.4. The summed E-state index contributed by atoms with van der Waals surface area (Å²) in [5.41, 5.74) is 0.628. The molecule has 2 aliphatic carbocycles. The minimum absolute atomic E-state index is 0.100. The average molecular weight is 292 g/mol. The Morgan fingerprint density at radius 3 is 2.90 bits per heavy atom. The molecule has 1 heterocycles. The predicted molar refractivity (Wildman–Crippen MR) is 78.9 cm³/mol. The minimum Gasteiger partial charge on any atom is -0.481 e. The van der Waals surface area contributed by atoms with Crippen LogP contribution in [0.5, 0.6) is 0 Å². The Labute approximate surface area is 125 Å². The molecule has 0 aromatic heterocycles. The van der Waals surface area contributed by atoms with E-state index in [4.69, 9.17) is 0 Å². The molecule has 1 saturated carbocycles. The van der Waals surface area contributed by atoms with Crippen LogP contribution in [-0.2, 0) is 4.79 Å². The first-order valence-electron chi connectivity index (χ1n) is 8.06. The molecule has 116 valence electrons. The molecule has 5 nitrogen and oxygen atoms in total. The summed E-state index contributed by atoms with van der Waals surface area (Å²) in [7, 11) is 0. The zero-order chi connectivity index (χ0) is 14.9. The van der Waals surface area contributed by atoms with Crippen molar-refractivity contribution in [3.05, 3.63) is 11.6 Å². The molecular formula is C16H24N2O3. The molecule has 0 aromatic rings. The van der Waals surface area contributed by atoms with Gasteiger partial charge in [-0.15, -0.1) is 0 Å². The van der Waals surface area contributed by atoms with Crippen molar-refractivity contribution in [3.8, 4) is 0 Å². The van der Waals surface area contributed by atoms with Gasteiger partial charge in [0, 0.05) is 19.6 Å². The van der Waals surface area contributed by atoms with E-state index in [0.29, 0.717) is 26.1 Å². The summed E-state index contributed by atoms with van der Waals surface area (Å²) in [5.74, 6) is -0.593. The maximum absolute atomic E-state index is 12.3. The molecule has 0 bridgehead atoms. The third kappa shape index (κ3) is 2.65. The number of aliphatic carboxylic acids is 1. The van der Waals surface area contributed by atoms with Crippen LogP contribution in [0.25, 0.3) is 0 Å². The number of allylic oxidation sites excluding steroid dienone is 1. The number of urea groups is 1. The normalized spacial score (nSPS) is 31.7. The molecule has 5 heteroatoms. The molecule has 1 aliphatic heterocycles. The lowest BCUT2D eigenvalue weighted by Gasteiger charge is -2.23. The van der Waals surface area contributed by atoms with Crippen molar-refractivity contribution in [2.45, 2.75) is 44.9 Å². The molecule has 0 aromatic carbocycles. The molecule has 2 atom stereocenters. The third-order valence-electron chi connectivity index (χ3n) is 5.44. The van der Waals surface area contributed by atoms with E-state index in [1.807, 2.05) is 0 Å². The first-order chi connectivity index (χ1) is 10.1. The van der Waals surface area contributed by atoms with E-state index in [1.54, 1.807) is 4.90 Å². The number of carboxylic acid groups (broad SMARTS) is 1. The molecule has 3 aliphatic rings. The van der Waals surface area contributed by atoms with Crippen molar-refractivity contribution >= 4 is 12.0 Å². The molecule has 2 amide bonds. The Bertz CT molecular complexity index is 474. The van der Waals surface area contributed by atoms with Gasteiger partial charge in [0.2, 0.25) is 0 Å². The van der Waals surface area contributed by atoms with Crippen molar-refractivity contribution in [2.24, 2.45) is 11.3 Å². The van der Waals surface area contributed by atoms with Crippen LogP contribution in [0.2, 0.25) is 0 Å². The van der Waals surface area contributed by atoms with Crippen LogP contribution in [-0.4, -0.2) is 41.6 Å². The van der Waals surface area contributed by atoms with Crippen LogP contribution >= 0.6 is 0 Å². The van der Waals surface area contributed by atoms with Crippen molar-refractivity contribution in [3.63, 3.8) is 0 Å². The quantitative estimate of drug-likeness (QED) is 0.785. The number of nitrogens with one attached hydrogen (secondary N) is 1. The van der Waals surface area contributed by atoms with Crippen molar-refractivity contribution < 1.29 is 14.7 Å². The summed E-state index contributed by atoms with van der Waals surface area (Å²) < 4.78 is 0. The van der Waals surface area contributed by atoms with Crippen LogP contribution in [0.3, 0.4) is 0 Å². The molecule has 21 heavy (non-hydrogen) atoms. The van der Waals surface area contributed by atoms with E-state index < -0.39 is 11.4 Å². The highest BCUT2D eigenvalue weighted by atomic mass is 16.4. The average Bonchev–Trinajstić information content (AvgIpc) is 3.03. The van der Waals surface area contributed by atoms with Crippen LogP contribution in [0.1, 0.15) is 44.9 Å². The standard InChI is InChI=1S/C16H24N2O3/c19-14(20)16-8-4-7-13(16)10-18(11-16)15(21)17-9-12-5-2-1-3-6-12/h5,13H,1-4,6-11H2,(H,17,21)(H,19,20)/t13-,16+/m0/s1. The fourth-order valence-electron chi connectivity index (χ4n) is 4.16. The van der Waals surface area contributed by atoms with Gasteiger partial charge in [0.25, 0.3) is 0 Å². The second-order valence-electron chi connectivity index (χ2n) is 6.70. The van der Waals surface area contributed by atoms with Crippen LogP contribution in [0.4, 0.5) is 4.79 Å². The number of hydrogen-bond acceptors (Lipinski definition) is 2. The molecule has 0 radical (unpaired) electrons. The lowest BCUT2D eigenvalue weighted by atomic mass is 9.81. The second kappa shape index (κ2) is 5.70. The molecule has 2 N–H and O–H groups in total. The topological polar surface area (TPSA) is 69.6 Å². The summed E-state index contributed by atoms with van der Waals surface area (Å²) >= 11 is 0. The Morgan fingerprint density at radius 1 is 1.38 bits per heavy atom. The zero-order valence-electron chi connectivity index (χ0n) is 12.4. The van der Waals surface area contributed by atoms with E-state index in [9.17, 15) is 14.7 Å². The summed E-state index contributed by atoms with van der Waals surface area (Å²) in [6, 6.07) is -0.100. The number of hydrogen-bond donors (Lipinski definition) is 2. The van der Waals surface area contributed by atoms with E-state index in [1.165, 1.54) is 18.4 Å². The SMILES string of the molecule is O=C(NCC1=CCCCC1)N1C[C@@H]2CCC[C@@]2(C(=O)O)C1. The Hall–Kier alpha value is -1.52. The molecule has 1 saturated heterocycles. The van der Waals surface area contributed by atoms with Crippen LogP contribution < -0.4 is 5.32 Å². The number of carbonyl (C=O) groups excluding carboxylic acids is 1. The minimum atomic E-state index is -0.727. The zero-order valence-corrected chi connectivity index (χ0v) is 12.4. The Morgan fingerprint density at radius 2 is 2.24 bits per heavy atom. The van der Waals surface area contributed by atoms with Gasteiger partial charge in [-0.3, -0.25) is 4.79 Å². The largest absolute Gasteiger partial charge is 0.481 e. The van der Waals surface area contributed by atoms with Crippen molar-refractivity contribution in [1.82, 2.24) is 10.2 Å². The van der Waals surface area contributed by atoms with Gasteiger partial charge >= 0.3 is 12.0 Å². The van der Waals surface area contributed by atoms with Crippen LogP contribution in [0.15, 0.2) is 11.6 Å². The maximum atomic E-state index is 12.3. The van der Waals surface area contributed by atoms with Gasteiger partial charge in [-0.1, -0.05) is 18.1 Å². The molecule has 3 rings (SSSR count). The predicted octanol–water partition coefficient (Wildman–Crippen LogP) is 2.38. The van der Waals surface area contributed by atoms with E-state index in [0.717, 1.165) is 25.7 Å². The lowest BCUT2D eigenvalue weighted by Crippen LogP contribution is -2.42. The third-order valence-corrected chi connectivity index (χ3v) is 5.44. The maximum Gasteiger partial charge on any atom is 0.317 e. The molecule has 0 spiro atoms. The Balaban J connectivity index is 1.57. The number of carboxylic acids is 1. The van der Waals surface area contributed by atoms with Crippen molar-refractivity contribution in [1.29, 1.82) is 0 Å². The monoisotopic (exact) mass is 292 g/mol. The van der Waals surface area contributed by atoms with Gasteiger partial charge in [-0.05, 0) is 44.4 Å². The summed E-state index contributed by atoms with van der Waals surface area (Å²) in [6.07, 6.45) is 9.47. The number of fused-ring (bicyclic) bond motifs is 1. The van der Waals surface area contributed by atoms with Crippen molar-refractivity contribution in [2.75, 3.05) is 19.6 Å². The van der Waals surface area contributed by atoms with E-state index in [2.05, 4.69) is 11.4 Å². The highest BCUT2D eigenvalue weighted by molar-refractivity contribution is 5.80. The second-order valence-corrected chi connectivity index (χ2v) is 6.70. The van der Waals surface area contributed by atoms with E-state index in [-0.39, 0.29) is 11.9 Å². The van der Waals surface area contributed by atoms with E-state index >= 15 is 0 Å². The fourth-order valence-corrected chi connectivity index (χ4v) is 4.16. The summed E-state index contributed by atoms with van der Waals surface area (Å²) in [4.78, 5) is 25.6. The first-order valence-corrected chi connectivity index (χ1v) is 8.06. The number of likely N-dealkylation sites (tertiary alicyclic amines) is 1. The number of rotatable bonds is 3. The van der Waals surface area contributed by atoms with Gasteiger partial charge in [0.05, 0.1) is 5.41 Å². The number of amides is 2. The van der Waals surface area contributed by atoms with Gasteiger partial charge in [-0.2, -0.15) is 0 Å². The van der Waals surface area contributed by atoms with Gasteiger partial charge in [0.1, 0.15) is 0 Å². The Kier molecular flexibility index (Phi) is 3.91. The lowest BCUT2D eigenvalue weighted by molar-refractivity contribution is -0.149. The smallest absolute Gasteiger partial charge is 0.317 e. The molecular weight excluding hydrogens is 268 g/mol. The number of carbonyl (C=O) groups is 2. The number of nitrogens with zero attached hydrogens (tertiary/aromatic N) is 1. The fraction of sp³-hybridized carbons (Fsp3) is 0.750. The van der Waals surface area contributed by atoms with Gasteiger partial charge in [0.15, 0.2) is 0 Å².